The Morgan fingerprint density at radius 2 is 1.84 bits per heavy atom. The molecule has 2 amide bonds. The van der Waals surface area contributed by atoms with Crippen LogP contribution in [0.4, 0.5) is 23.7 Å². The van der Waals surface area contributed by atoms with Crippen LogP contribution in [-0.2, 0) is 11.4 Å². The molecule has 3 aromatic rings. The molecule has 9 heteroatoms. The Labute approximate surface area is 175 Å². The highest BCUT2D eigenvalue weighted by Crippen LogP contribution is 2.38. The number of aliphatic hydroxyl groups is 1. The standard InChI is InChI=1S/C22H18F3N3O3/c23-22(24,25)21(30)12-19(28-31-21)17-7-3-4-14(10-17)13-26-20(29)27-18-9-8-15-5-1-2-6-16(15)11-18/h1-11,30H,12-13H2,(H2,26,27,29). The summed E-state index contributed by atoms with van der Waals surface area (Å²) in [5.74, 6) is -3.32. The molecule has 1 atom stereocenters. The van der Waals surface area contributed by atoms with Crippen molar-refractivity contribution < 1.29 is 27.9 Å². The molecule has 0 saturated carbocycles. The lowest BCUT2D eigenvalue weighted by Gasteiger charge is -2.22. The van der Waals surface area contributed by atoms with E-state index < -0.39 is 24.4 Å². The minimum Gasteiger partial charge on any atom is -0.350 e. The molecule has 160 valence electrons. The zero-order chi connectivity index (χ0) is 22.1. The molecule has 0 aromatic heterocycles. The van der Waals surface area contributed by atoms with Crippen LogP contribution >= 0.6 is 0 Å². The van der Waals surface area contributed by atoms with Gasteiger partial charge in [0.25, 0.3) is 0 Å². The lowest BCUT2D eigenvalue weighted by Crippen LogP contribution is -2.45. The van der Waals surface area contributed by atoms with E-state index in [2.05, 4.69) is 20.6 Å². The number of benzene rings is 3. The third-order valence-electron chi connectivity index (χ3n) is 4.88. The number of rotatable bonds is 4. The van der Waals surface area contributed by atoms with E-state index in [1.807, 2.05) is 36.4 Å². The van der Waals surface area contributed by atoms with Gasteiger partial charge in [-0.1, -0.05) is 53.7 Å². The highest BCUT2D eigenvalue weighted by Gasteiger charge is 2.60. The first-order valence-electron chi connectivity index (χ1n) is 9.41. The summed E-state index contributed by atoms with van der Waals surface area (Å²) >= 11 is 0. The van der Waals surface area contributed by atoms with Crippen molar-refractivity contribution in [2.45, 2.75) is 24.9 Å². The first kappa shape index (κ1) is 20.7. The minimum absolute atomic E-state index is 0.0257. The summed E-state index contributed by atoms with van der Waals surface area (Å²) in [6.45, 7) is 0.144. The number of amides is 2. The SMILES string of the molecule is O=C(NCc1cccc(C2=NOC(O)(C(F)(F)F)C2)c1)Nc1ccc2ccccc2c1. The number of carbonyl (C=O) groups is 1. The molecule has 1 heterocycles. The van der Waals surface area contributed by atoms with E-state index in [9.17, 15) is 23.1 Å². The first-order valence-corrected chi connectivity index (χ1v) is 9.41. The van der Waals surface area contributed by atoms with Gasteiger partial charge < -0.3 is 20.6 Å². The van der Waals surface area contributed by atoms with Crippen LogP contribution < -0.4 is 10.6 Å². The average Bonchev–Trinajstić information content (AvgIpc) is 3.16. The van der Waals surface area contributed by atoms with Crippen LogP contribution in [0.2, 0.25) is 0 Å². The highest BCUT2D eigenvalue weighted by atomic mass is 19.4. The number of fused-ring (bicyclic) bond motifs is 1. The molecule has 1 aliphatic heterocycles. The van der Waals surface area contributed by atoms with E-state index in [0.29, 0.717) is 16.8 Å². The molecule has 0 radical (unpaired) electrons. The normalized spacial score (nSPS) is 18.4. The summed E-state index contributed by atoms with van der Waals surface area (Å²) < 4.78 is 38.7. The quantitative estimate of drug-likeness (QED) is 0.570. The molecule has 3 N–H and O–H groups in total. The number of halogens is 3. The molecular weight excluding hydrogens is 411 g/mol. The second-order valence-corrected chi connectivity index (χ2v) is 7.16. The van der Waals surface area contributed by atoms with Crippen LogP contribution in [0.5, 0.6) is 0 Å². The number of oxime groups is 1. The van der Waals surface area contributed by atoms with Gasteiger partial charge in [-0.05, 0) is 40.1 Å². The number of urea groups is 1. The van der Waals surface area contributed by atoms with Gasteiger partial charge in [0.05, 0.1) is 12.1 Å². The van der Waals surface area contributed by atoms with Gasteiger partial charge in [-0.15, -0.1) is 0 Å². The van der Waals surface area contributed by atoms with Gasteiger partial charge >= 0.3 is 18.0 Å². The number of anilines is 1. The van der Waals surface area contributed by atoms with Crippen molar-refractivity contribution >= 4 is 28.2 Å². The number of alkyl halides is 3. The van der Waals surface area contributed by atoms with Crippen LogP contribution in [-0.4, -0.2) is 28.8 Å². The van der Waals surface area contributed by atoms with Gasteiger partial charge in [-0.25, -0.2) is 4.79 Å². The van der Waals surface area contributed by atoms with Gasteiger partial charge in [0.15, 0.2) is 0 Å². The van der Waals surface area contributed by atoms with E-state index in [1.54, 1.807) is 30.3 Å². The van der Waals surface area contributed by atoms with Crippen molar-refractivity contribution in [3.8, 4) is 0 Å². The molecule has 4 rings (SSSR count). The maximum Gasteiger partial charge on any atom is 0.458 e. The maximum absolute atomic E-state index is 12.9. The molecule has 0 saturated heterocycles. The number of carbonyl (C=O) groups excluding carboxylic acids is 1. The topological polar surface area (TPSA) is 83.0 Å². The highest BCUT2D eigenvalue weighted by molar-refractivity contribution is 6.01. The molecule has 0 aliphatic carbocycles. The lowest BCUT2D eigenvalue weighted by molar-refractivity contribution is -0.355. The maximum atomic E-state index is 12.9. The van der Waals surface area contributed by atoms with Crippen molar-refractivity contribution in [2.75, 3.05) is 5.32 Å². The smallest absolute Gasteiger partial charge is 0.350 e. The molecule has 6 nitrogen and oxygen atoms in total. The van der Waals surface area contributed by atoms with E-state index in [0.717, 1.165) is 10.8 Å². The second-order valence-electron chi connectivity index (χ2n) is 7.16. The van der Waals surface area contributed by atoms with E-state index in [-0.39, 0.29) is 12.3 Å². The Balaban J connectivity index is 1.37. The van der Waals surface area contributed by atoms with Crippen molar-refractivity contribution in [2.24, 2.45) is 5.16 Å². The Kier molecular flexibility index (Phi) is 5.28. The van der Waals surface area contributed by atoms with Crippen molar-refractivity contribution in [1.29, 1.82) is 0 Å². The fourth-order valence-electron chi connectivity index (χ4n) is 3.21. The van der Waals surface area contributed by atoms with Crippen LogP contribution in [0.15, 0.2) is 71.9 Å². The zero-order valence-corrected chi connectivity index (χ0v) is 16.1. The van der Waals surface area contributed by atoms with Crippen LogP contribution in [0.25, 0.3) is 10.8 Å². The summed E-state index contributed by atoms with van der Waals surface area (Å²) in [5, 5.41) is 20.5. The zero-order valence-electron chi connectivity index (χ0n) is 16.1. The summed E-state index contributed by atoms with van der Waals surface area (Å²) in [5.41, 5.74) is 1.63. The minimum atomic E-state index is -4.96. The Bertz CT molecular complexity index is 1160. The molecule has 3 aromatic carbocycles. The third-order valence-corrected chi connectivity index (χ3v) is 4.88. The van der Waals surface area contributed by atoms with E-state index in [4.69, 9.17) is 0 Å². The van der Waals surface area contributed by atoms with Gasteiger partial charge in [-0.2, -0.15) is 13.2 Å². The lowest BCUT2D eigenvalue weighted by atomic mass is 10.0. The van der Waals surface area contributed by atoms with Crippen molar-refractivity contribution in [1.82, 2.24) is 5.32 Å². The van der Waals surface area contributed by atoms with Gasteiger partial charge in [0, 0.05) is 12.2 Å². The van der Waals surface area contributed by atoms with E-state index >= 15 is 0 Å². The van der Waals surface area contributed by atoms with Crippen molar-refractivity contribution in [3.05, 3.63) is 77.9 Å². The molecule has 0 fully saturated rings. The number of hydrogen-bond donors (Lipinski definition) is 3. The predicted molar refractivity (Wildman–Crippen MR) is 109 cm³/mol. The summed E-state index contributed by atoms with van der Waals surface area (Å²) in [7, 11) is 0. The van der Waals surface area contributed by atoms with Crippen LogP contribution in [0.3, 0.4) is 0 Å². The van der Waals surface area contributed by atoms with Gasteiger partial charge in [0.2, 0.25) is 0 Å². The second kappa shape index (κ2) is 7.92. The van der Waals surface area contributed by atoms with Crippen LogP contribution in [0.1, 0.15) is 17.5 Å². The monoisotopic (exact) mass is 429 g/mol. The fourth-order valence-corrected chi connectivity index (χ4v) is 3.21. The Morgan fingerprint density at radius 1 is 1.06 bits per heavy atom. The number of nitrogens with zero attached hydrogens (tertiary/aromatic N) is 1. The largest absolute Gasteiger partial charge is 0.458 e. The van der Waals surface area contributed by atoms with E-state index in [1.165, 1.54) is 0 Å². The van der Waals surface area contributed by atoms with Gasteiger partial charge in [0.1, 0.15) is 0 Å². The van der Waals surface area contributed by atoms with Gasteiger partial charge in [-0.3, -0.25) is 0 Å². The predicted octanol–water partition coefficient (Wildman–Crippen LogP) is 4.54. The van der Waals surface area contributed by atoms with Crippen LogP contribution in [0, 0.1) is 0 Å². The summed E-state index contributed by atoms with van der Waals surface area (Å²) in [4.78, 5) is 16.5. The molecule has 1 aliphatic rings. The average molecular weight is 429 g/mol. The summed E-state index contributed by atoms with van der Waals surface area (Å²) in [6, 6.07) is 19.4. The molecule has 1 unspecified atom stereocenters. The molecule has 0 bridgehead atoms. The third kappa shape index (κ3) is 4.46. The fraction of sp³-hybridized carbons (Fsp3) is 0.182. The molecule has 31 heavy (non-hydrogen) atoms. The Morgan fingerprint density at radius 3 is 2.58 bits per heavy atom. The number of nitrogens with one attached hydrogen (secondary N) is 2. The Hall–Kier alpha value is -3.59. The molecular formula is C22H18F3N3O3. The molecule has 0 spiro atoms. The first-order chi connectivity index (χ1) is 14.7. The summed E-state index contributed by atoms with van der Waals surface area (Å²) in [6.07, 6.45) is -5.77. The number of hydrogen-bond acceptors (Lipinski definition) is 4. The van der Waals surface area contributed by atoms with Crippen molar-refractivity contribution in [3.63, 3.8) is 0 Å².